The molecule has 0 saturated carbocycles. The van der Waals surface area contributed by atoms with Gasteiger partial charge in [-0.25, -0.2) is 4.98 Å². The topological polar surface area (TPSA) is 64.0 Å². The maximum Gasteiger partial charge on any atom is 0.262 e. The molecule has 0 saturated heterocycles. The number of thiophene rings is 1. The predicted molar refractivity (Wildman–Crippen MR) is 104 cm³/mol. The monoisotopic (exact) mass is 373 g/mol. The molecule has 0 radical (unpaired) electrons. The lowest BCUT2D eigenvalue weighted by Gasteiger charge is -2.12. The van der Waals surface area contributed by atoms with E-state index in [0.717, 1.165) is 15.5 Å². The minimum atomic E-state index is -0.119. The third-order valence-electron chi connectivity index (χ3n) is 3.83. The van der Waals surface area contributed by atoms with Gasteiger partial charge in [-0.15, -0.1) is 23.1 Å². The van der Waals surface area contributed by atoms with Crippen molar-refractivity contribution >= 4 is 39.2 Å². The van der Waals surface area contributed by atoms with Crippen molar-refractivity contribution in [2.45, 2.75) is 25.3 Å². The summed E-state index contributed by atoms with van der Waals surface area (Å²) in [6.07, 6.45) is 0. The molecule has 3 rings (SSSR count). The van der Waals surface area contributed by atoms with Crippen molar-refractivity contribution < 1.29 is 4.79 Å². The molecular formula is C18H19N3O2S2. The van der Waals surface area contributed by atoms with E-state index in [1.807, 2.05) is 36.6 Å². The SMILES string of the molecule is CCSc1ccccc1C(=O)NCCn1c(C)nc2sccc2c1=O. The number of thioether (sulfide) groups is 1. The molecule has 1 amide bonds. The standard InChI is InChI=1S/C18H19N3O2S2/c1-3-24-15-7-5-4-6-13(15)16(22)19-9-10-21-12(2)20-17-14(18(21)23)8-11-25-17/h4-8,11H,3,9-10H2,1-2H3,(H,19,22). The van der Waals surface area contributed by atoms with E-state index in [2.05, 4.69) is 17.2 Å². The second kappa shape index (κ2) is 7.84. The van der Waals surface area contributed by atoms with Gasteiger partial charge in [0.1, 0.15) is 10.7 Å². The summed E-state index contributed by atoms with van der Waals surface area (Å²) < 4.78 is 1.61. The van der Waals surface area contributed by atoms with Gasteiger partial charge < -0.3 is 5.32 Å². The molecule has 0 aliphatic carbocycles. The summed E-state index contributed by atoms with van der Waals surface area (Å²) in [5.41, 5.74) is 0.616. The van der Waals surface area contributed by atoms with Gasteiger partial charge in [-0.2, -0.15) is 0 Å². The number of carbonyl (C=O) groups is 1. The van der Waals surface area contributed by atoms with E-state index in [-0.39, 0.29) is 11.5 Å². The highest BCUT2D eigenvalue weighted by molar-refractivity contribution is 7.99. The molecule has 5 nitrogen and oxygen atoms in total. The Balaban J connectivity index is 1.71. The fourth-order valence-electron chi connectivity index (χ4n) is 2.63. The molecular weight excluding hydrogens is 354 g/mol. The first-order valence-electron chi connectivity index (χ1n) is 8.06. The largest absolute Gasteiger partial charge is 0.350 e. The van der Waals surface area contributed by atoms with Crippen molar-refractivity contribution in [1.29, 1.82) is 0 Å². The van der Waals surface area contributed by atoms with Crippen molar-refractivity contribution in [3.63, 3.8) is 0 Å². The molecule has 0 unspecified atom stereocenters. The van der Waals surface area contributed by atoms with Crippen LogP contribution in [-0.4, -0.2) is 27.8 Å². The average molecular weight is 374 g/mol. The Labute approximate surface area is 154 Å². The molecule has 7 heteroatoms. The highest BCUT2D eigenvalue weighted by Crippen LogP contribution is 2.22. The summed E-state index contributed by atoms with van der Waals surface area (Å²) in [4.78, 5) is 31.1. The van der Waals surface area contributed by atoms with E-state index in [1.54, 1.807) is 22.4 Å². The van der Waals surface area contributed by atoms with Gasteiger partial charge in [-0.1, -0.05) is 19.1 Å². The van der Waals surface area contributed by atoms with Gasteiger partial charge in [0, 0.05) is 18.0 Å². The number of nitrogens with one attached hydrogen (secondary N) is 1. The van der Waals surface area contributed by atoms with Crippen LogP contribution in [0.2, 0.25) is 0 Å². The summed E-state index contributed by atoms with van der Waals surface area (Å²) >= 11 is 3.10. The molecule has 0 atom stereocenters. The number of fused-ring (bicyclic) bond motifs is 1. The van der Waals surface area contributed by atoms with E-state index < -0.39 is 0 Å². The lowest BCUT2D eigenvalue weighted by Crippen LogP contribution is -2.32. The van der Waals surface area contributed by atoms with E-state index in [0.29, 0.717) is 29.9 Å². The summed E-state index contributed by atoms with van der Waals surface area (Å²) in [5.74, 6) is 1.45. The van der Waals surface area contributed by atoms with E-state index in [1.165, 1.54) is 11.3 Å². The minimum Gasteiger partial charge on any atom is -0.350 e. The second-order valence-electron chi connectivity index (χ2n) is 5.44. The smallest absolute Gasteiger partial charge is 0.262 e. The summed E-state index contributed by atoms with van der Waals surface area (Å²) in [7, 11) is 0. The third-order valence-corrected chi connectivity index (χ3v) is 5.59. The first kappa shape index (κ1) is 17.7. The number of carbonyl (C=O) groups excluding carboxylic acids is 1. The van der Waals surface area contributed by atoms with Crippen LogP contribution in [0, 0.1) is 6.92 Å². The van der Waals surface area contributed by atoms with Crippen LogP contribution in [0.25, 0.3) is 10.2 Å². The molecule has 1 aromatic carbocycles. The third kappa shape index (κ3) is 3.77. The van der Waals surface area contributed by atoms with Gasteiger partial charge in [0.05, 0.1) is 10.9 Å². The Bertz CT molecular complexity index is 962. The Morgan fingerprint density at radius 2 is 2.12 bits per heavy atom. The second-order valence-corrected chi connectivity index (χ2v) is 7.64. The first-order valence-corrected chi connectivity index (χ1v) is 9.93. The molecule has 0 aliphatic heterocycles. The summed E-state index contributed by atoms with van der Waals surface area (Å²) in [6.45, 7) is 4.65. The predicted octanol–water partition coefficient (Wildman–Crippen LogP) is 3.31. The van der Waals surface area contributed by atoms with Gasteiger partial charge >= 0.3 is 0 Å². The van der Waals surface area contributed by atoms with E-state index in [9.17, 15) is 9.59 Å². The molecule has 0 aliphatic rings. The highest BCUT2D eigenvalue weighted by atomic mass is 32.2. The number of hydrogen-bond acceptors (Lipinski definition) is 5. The van der Waals surface area contributed by atoms with E-state index in [4.69, 9.17) is 0 Å². The number of hydrogen-bond donors (Lipinski definition) is 1. The zero-order valence-electron chi connectivity index (χ0n) is 14.1. The van der Waals surface area contributed by atoms with Gasteiger partial charge in [-0.05, 0) is 36.3 Å². The molecule has 2 heterocycles. The molecule has 0 spiro atoms. The summed E-state index contributed by atoms with van der Waals surface area (Å²) in [6, 6.07) is 9.36. The average Bonchev–Trinajstić information content (AvgIpc) is 3.07. The highest BCUT2D eigenvalue weighted by Gasteiger charge is 2.12. The molecule has 25 heavy (non-hydrogen) atoms. The van der Waals surface area contributed by atoms with E-state index >= 15 is 0 Å². The minimum absolute atomic E-state index is 0.0556. The number of benzene rings is 1. The zero-order chi connectivity index (χ0) is 17.8. The molecule has 3 aromatic rings. The maximum atomic E-state index is 12.5. The lowest BCUT2D eigenvalue weighted by atomic mass is 10.2. The number of aryl methyl sites for hydroxylation is 1. The normalized spacial score (nSPS) is 11.0. The number of amides is 1. The maximum absolute atomic E-state index is 12.5. The van der Waals surface area contributed by atoms with Crippen molar-refractivity contribution in [2.24, 2.45) is 0 Å². The fraction of sp³-hybridized carbons (Fsp3) is 0.278. The first-order chi connectivity index (χ1) is 12.1. The van der Waals surface area contributed by atoms with Crippen LogP contribution in [0.5, 0.6) is 0 Å². The number of nitrogens with zero attached hydrogens (tertiary/aromatic N) is 2. The van der Waals surface area contributed by atoms with Crippen molar-refractivity contribution in [3.05, 3.63) is 57.5 Å². The van der Waals surface area contributed by atoms with Crippen molar-refractivity contribution in [3.8, 4) is 0 Å². The van der Waals surface area contributed by atoms with Gasteiger partial charge in [0.2, 0.25) is 0 Å². The van der Waals surface area contributed by atoms with Gasteiger partial charge in [-0.3, -0.25) is 14.2 Å². The number of rotatable bonds is 6. The van der Waals surface area contributed by atoms with Crippen molar-refractivity contribution in [1.82, 2.24) is 14.9 Å². The Morgan fingerprint density at radius 1 is 1.32 bits per heavy atom. The van der Waals surface area contributed by atoms with Crippen molar-refractivity contribution in [2.75, 3.05) is 12.3 Å². The van der Waals surface area contributed by atoms with Gasteiger partial charge in [0.25, 0.3) is 11.5 Å². The molecule has 130 valence electrons. The summed E-state index contributed by atoms with van der Waals surface area (Å²) in [5, 5.41) is 5.40. The Kier molecular flexibility index (Phi) is 5.55. The molecule has 1 N–H and O–H groups in total. The Hall–Kier alpha value is -2.12. The van der Waals surface area contributed by atoms with Crippen LogP contribution in [0.15, 0.2) is 45.4 Å². The fourth-order valence-corrected chi connectivity index (χ4v) is 4.23. The van der Waals surface area contributed by atoms with Gasteiger partial charge in [0.15, 0.2) is 0 Å². The zero-order valence-corrected chi connectivity index (χ0v) is 15.7. The number of aromatic nitrogens is 2. The lowest BCUT2D eigenvalue weighted by molar-refractivity contribution is 0.0949. The van der Waals surface area contributed by atoms with Crippen LogP contribution >= 0.6 is 23.1 Å². The van der Waals surface area contributed by atoms with Crippen LogP contribution in [0.4, 0.5) is 0 Å². The molecule has 0 fully saturated rings. The van der Waals surface area contributed by atoms with Crippen LogP contribution in [-0.2, 0) is 6.54 Å². The Morgan fingerprint density at radius 3 is 2.92 bits per heavy atom. The molecule has 0 bridgehead atoms. The van der Waals surface area contributed by atoms with Crippen LogP contribution in [0.3, 0.4) is 0 Å². The quantitative estimate of drug-likeness (QED) is 0.673. The van der Waals surface area contributed by atoms with Crippen LogP contribution in [0.1, 0.15) is 23.1 Å². The molecule has 2 aromatic heterocycles. The van der Waals surface area contributed by atoms with Crippen LogP contribution < -0.4 is 10.9 Å².